The number of imidazole rings is 1. The number of likely N-dealkylation sites (tertiary alicyclic amines) is 1. The van der Waals surface area contributed by atoms with Crippen molar-refractivity contribution in [3.8, 4) is 0 Å². The third-order valence-electron chi connectivity index (χ3n) is 5.51. The molecule has 0 atom stereocenters. The fraction of sp³-hybridized carbons (Fsp3) is 0.478. The first-order chi connectivity index (χ1) is 14.8. The molecule has 0 unspecified atom stereocenters. The minimum Gasteiger partial charge on any atom is -0.380 e. The lowest BCUT2D eigenvalue weighted by Crippen LogP contribution is -2.40. The predicted octanol–water partition coefficient (Wildman–Crippen LogP) is 4.14. The van der Waals surface area contributed by atoms with E-state index in [0.29, 0.717) is 12.6 Å². The zero-order valence-corrected chi connectivity index (χ0v) is 18.5. The molecule has 160 valence electrons. The molecule has 3 aromatic rings. The predicted molar refractivity (Wildman–Crippen MR) is 124 cm³/mol. The number of piperidine rings is 1. The quantitative estimate of drug-likeness (QED) is 0.389. The van der Waals surface area contributed by atoms with Gasteiger partial charge in [0.2, 0.25) is 5.95 Å². The van der Waals surface area contributed by atoms with Crippen LogP contribution in [0.3, 0.4) is 0 Å². The number of pyridine rings is 1. The van der Waals surface area contributed by atoms with Gasteiger partial charge in [0.25, 0.3) is 0 Å². The topological polar surface area (TPSA) is 55.2 Å². The maximum atomic E-state index is 5.57. The Labute approximate surface area is 183 Å². The Kier molecular flexibility index (Phi) is 7.61. The second-order valence-electron chi connectivity index (χ2n) is 7.55. The molecule has 0 radical (unpaired) electrons. The zero-order valence-electron chi connectivity index (χ0n) is 17.7. The highest BCUT2D eigenvalue weighted by Gasteiger charge is 2.21. The van der Waals surface area contributed by atoms with Crippen molar-refractivity contribution in [3.63, 3.8) is 0 Å². The first-order valence-corrected chi connectivity index (χ1v) is 11.9. The zero-order chi connectivity index (χ0) is 20.6. The van der Waals surface area contributed by atoms with Crippen molar-refractivity contribution in [2.75, 3.05) is 43.9 Å². The molecule has 1 aliphatic rings. The fourth-order valence-electron chi connectivity index (χ4n) is 3.87. The van der Waals surface area contributed by atoms with Gasteiger partial charge in [-0.2, -0.15) is 0 Å². The van der Waals surface area contributed by atoms with Crippen molar-refractivity contribution in [3.05, 3.63) is 48.7 Å². The van der Waals surface area contributed by atoms with Gasteiger partial charge >= 0.3 is 0 Å². The average Bonchev–Trinajstić information content (AvgIpc) is 3.13. The van der Waals surface area contributed by atoms with E-state index in [1.54, 1.807) is 0 Å². The first-order valence-electron chi connectivity index (χ1n) is 10.9. The molecule has 0 spiro atoms. The molecule has 0 aliphatic carbocycles. The van der Waals surface area contributed by atoms with Crippen LogP contribution in [0.15, 0.2) is 53.6 Å². The van der Waals surface area contributed by atoms with Crippen LogP contribution in [-0.4, -0.2) is 64.1 Å². The second kappa shape index (κ2) is 10.8. The van der Waals surface area contributed by atoms with Crippen molar-refractivity contribution in [2.24, 2.45) is 0 Å². The van der Waals surface area contributed by atoms with E-state index in [4.69, 9.17) is 9.72 Å². The number of hydrogen-bond donors (Lipinski definition) is 1. The highest BCUT2D eigenvalue weighted by molar-refractivity contribution is 7.99. The summed E-state index contributed by atoms with van der Waals surface area (Å²) in [7, 11) is 0. The van der Waals surface area contributed by atoms with Gasteiger partial charge < -0.3 is 15.0 Å². The average molecular weight is 426 g/mol. The number of fused-ring (bicyclic) bond motifs is 1. The van der Waals surface area contributed by atoms with Crippen LogP contribution in [0.2, 0.25) is 0 Å². The fourth-order valence-corrected chi connectivity index (χ4v) is 4.81. The van der Waals surface area contributed by atoms with Gasteiger partial charge in [-0.1, -0.05) is 18.2 Å². The van der Waals surface area contributed by atoms with Crippen LogP contribution >= 0.6 is 11.8 Å². The van der Waals surface area contributed by atoms with Gasteiger partial charge in [0, 0.05) is 49.1 Å². The summed E-state index contributed by atoms with van der Waals surface area (Å²) in [6.07, 6.45) is 4.10. The smallest absolute Gasteiger partial charge is 0.205 e. The Morgan fingerprint density at radius 3 is 2.73 bits per heavy atom. The van der Waals surface area contributed by atoms with E-state index in [1.807, 2.05) is 37.0 Å². The van der Waals surface area contributed by atoms with E-state index in [-0.39, 0.29) is 0 Å². The van der Waals surface area contributed by atoms with Crippen LogP contribution in [-0.2, 0) is 11.3 Å². The Hall–Kier alpha value is -2.09. The molecule has 0 amide bonds. The van der Waals surface area contributed by atoms with E-state index < -0.39 is 0 Å². The highest BCUT2D eigenvalue weighted by Crippen LogP contribution is 2.22. The van der Waals surface area contributed by atoms with Gasteiger partial charge in [-0.05, 0) is 44.0 Å². The highest BCUT2D eigenvalue weighted by atomic mass is 32.2. The van der Waals surface area contributed by atoms with Gasteiger partial charge in [0.1, 0.15) is 5.52 Å². The number of aromatic nitrogens is 3. The Bertz CT molecular complexity index is 908. The van der Waals surface area contributed by atoms with Crippen LogP contribution in [0.25, 0.3) is 11.2 Å². The molecule has 0 saturated carbocycles. The number of nitrogens with one attached hydrogen (secondary N) is 1. The second-order valence-corrected chi connectivity index (χ2v) is 8.72. The molecule has 1 saturated heterocycles. The van der Waals surface area contributed by atoms with Gasteiger partial charge in [-0.15, -0.1) is 11.8 Å². The summed E-state index contributed by atoms with van der Waals surface area (Å²) in [4.78, 5) is 13.3. The molecule has 0 bridgehead atoms. The van der Waals surface area contributed by atoms with Crippen molar-refractivity contribution < 1.29 is 4.74 Å². The third-order valence-corrected chi connectivity index (χ3v) is 6.50. The van der Waals surface area contributed by atoms with Crippen molar-refractivity contribution >= 4 is 28.9 Å². The number of ether oxygens (including phenoxy) is 1. The lowest BCUT2D eigenvalue weighted by Gasteiger charge is -2.32. The van der Waals surface area contributed by atoms with E-state index >= 15 is 0 Å². The van der Waals surface area contributed by atoms with E-state index in [2.05, 4.69) is 50.1 Å². The summed E-state index contributed by atoms with van der Waals surface area (Å²) in [5.41, 5.74) is 1.86. The van der Waals surface area contributed by atoms with E-state index in [9.17, 15) is 0 Å². The minimum atomic E-state index is 0.450. The number of rotatable bonds is 10. The maximum Gasteiger partial charge on any atom is 0.205 e. The molecule has 3 heterocycles. The molecular weight excluding hydrogens is 394 g/mol. The van der Waals surface area contributed by atoms with Crippen LogP contribution in [0.5, 0.6) is 0 Å². The number of hydrogen-bond acceptors (Lipinski definition) is 6. The Morgan fingerprint density at radius 2 is 1.93 bits per heavy atom. The number of thioether (sulfide) groups is 1. The molecule has 2 aromatic heterocycles. The van der Waals surface area contributed by atoms with Crippen molar-refractivity contribution in [1.29, 1.82) is 0 Å². The number of nitrogens with zero attached hydrogens (tertiary/aromatic N) is 4. The Morgan fingerprint density at radius 1 is 1.10 bits per heavy atom. The van der Waals surface area contributed by atoms with Crippen LogP contribution in [0.1, 0.15) is 19.8 Å². The molecular formula is C23H31N5OS. The normalized spacial score (nSPS) is 15.6. The molecule has 7 heteroatoms. The molecule has 4 rings (SSSR count). The summed E-state index contributed by atoms with van der Waals surface area (Å²) < 4.78 is 7.73. The first kappa shape index (κ1) is 21.2. The summed E-state index contributed by atoms with van der Waals surface area (Å²) in [6.45, 7) is 7.58. The van der Waals surface area contributed by atoms with E-state index in [0.717, 1.165) is 68.5 Å². The van der Waals surface area contributed by atoms with E-state index in [1.165, 1.54) is 4.90 Å². The summed E-state index contributed by atoms with van der Waals surface area (Å²) >= 11 is 1.94. The molecule has 30 heavy (non-hydrogen) atoms. The minimum absolute atomic E-state index is 0.450. The van der Waals surface area contributed by atoms with Gasteiger partial charge in [0.05, 0.1) is 13.2 Å². The van der Waals surface area contributed by atoms with Crippen LogP contribution < -0.4 is 5.32 Å². The summed E-state index contributed by atoms with van der Waals surface area (Å²) in [5.74, 6) is 2.06. The largest absolute Gasteiger partial charge is 0.380 e. The third kappa shape index (κ3) is 5.53. The molecule has 1 aliphatic heterocycles. The maximum absolute atomic E-state index is 5.57. The summed E-state index contributed by atoms with van der Waals surface area (Å²) in [6, 6.07) is 15.1. The van der Waals surface area contributed by atoms with Crippen molar-refractivity contribution in [2.45, 2.75) is 37.2 Å². The van der Waals surface area contributed by atoms with Crippen LogP contribution in [0, 0.1) is 0 Å². The van der Waals surface area contributed by atoms with Gasteiger partial charge in [-0.25, -0.2) is 9.97 Å². The number of anilines is 1. The van der Waals surface area contributed by atoms with Crippen molar-refractivity contribution in [1.82, 2.24) is 19.4 Å². The molecule has 1 N–H and O–H groups in total. The number of benzene rings is 1. The summed E-state index contributed by atoms with van der Waals surface area (Å²) in [5, 5.41) is 3.69. The Balaban J connectivity index is 1.29. The molecule has 6 nitrogen and oxygen atoms in total. The monoisotopic (exact) mass is 425 g/mol. The lowest BCUT2D eigenvalue weighted by molar-refractivity contribution is 0.140. The lowest BCUT2D eigenvalue weighted by atomic mass is 10.1. The molecule has 1 aromatic carbocycles. The SMILES string of the molecule is CCOCCn1c(NC2CCN(CCSc3ccccc3)CC2)nc2cccnc21. The van der Waals surface area contributed by atoms with Gasteiger partial charge in [0.15, 0.2) is 5.65 Å². The van der Waals surface area contributed by atoms with Crippen LogP contribution in [0.4, 0.5) is 5.95 Å². The molecule has 1 fully saturated rings. The van der Waals surface area contributed by atoms with Gasteiger partial charge in [-0.3, -0.25) is 4.57 Å². The standard InChI is InChI=1S/C23H31N5OS/c1-2-29-17-15-28-22-21(9-6-12-24-22)26-23(28)25-19-10-13-27(14-11-19)16-18-30-20-7-4-3-5-8-20/h3-9,12,19H,2,10-11,13-18H2,1H3,(H,25,26).